The lowest BCUT2D eigenvalue weighted by Gasteiger charge is -2.21. The third kappa shape index (κ3) is 6.07. The fourth-order valence-corrected chi connectivity index (χ4v) is 3.34. The molecule has 2 rings (SSSR count). The van der Waals surface area contributed by atoms with Crippen molar-refractivity contribution < 1.29 is 17.9 Å². The molecule has 144 valence electrons. The first-order valence-electron chi connectivity index (χ1n) is 7.91. The lowest BCUT2D eigenvalue weighted by atomic mass is 10.1. The van der Waals surface area contributed by atoms with Gasteiger partial charge in [-0.05, 0) is 48.9 Å². The van der Waals surface area contributed by atoms with Crippen LogP contribution in [0.2, 0.25) is 0 Å². The molecule has 0 saturated heterocycles. The van der Waals surface area contributed by atoms with E-state index in [0.717, 1.165) is 20.6 Å². The summed E-state index contributed by atoms with van der Waals surface area (Å²) in [7, 11) is -2.13. The predicted octanol–water partition coefficient (Wildman–Crippen LogP) is 2.76. The van der Waals surface area contributed by atoms with Crippen LogP contribution in [0.15, 0.2) is 58.1 Å². The van der Waals surface area contributed by atoms with Crippen molar-refractivity contribution in [3.63, 3.8) is 0 Å². The van der Waals surface area contributed by atoms with E-state index in [1.165, 1.54) is 7.11 Å². The molecule has 0 aliphatic carbocycles. The number of hydrogen-bond acceptors (Lipinski definition) is 5. The number of hydrazone groups is 1. The number of carbonyl (C=O) groups is 1. The molecule has 2 aromatic carbocycles. The Balaban J connectivity index is 2.11. The van der Waals surface area contributed by atoms with E-state index >= 15 is 0 Å². The highest BCUT2D eigenvalue weighted by Gasteiger charge is 2.20. The minimum atomic E-state index is -3.65. The lowest BCUT2D eigenvalue weighted by Crippen LogP contribution is -2.39. The Morgan fingerprint density at radius 2 is 1.74 bits per heavy atom. The molecule has 0 bridgehead atoms. The SMILES string of the molecule is COc1ccc(N(CC(=O)N/N=C(\C)c2ccc(Br)cc2)S(C)(=O)=O)cc1. The van der Waals surface area contributed by atoms with Crippen molar-refractivity contribution >= 4 is 43.3 Å². The summed E-state index contributed by atoms with van der Waals surface area (Å²) in [5, 5.41) is 4.04. The Morgan fingerprint density at radius 3 is 2.26 bits per heavy atom. The molecule has 0 fully saturated rings. The molecular weight excluding hydrogens is 434 g/mol. The largest absolute Gasteiger partial charge is 0.497 e. The van der Waals surface area contributed by atoms with Crippen LogP contribution in [0.4, 0.5) is 5.69 Å². The maximum atomic E-state index is 12.2. The van der Waals surface area contributed by atoms with Crippen LogP contribution in [0.25, 0.3) is 0 Å². The van der Waals surface area contributed by atoms with E-state index in [1.54, 1.807) is 31.2 Å². The Bertz CT molecular complexity index is 926. The predicted molar refractivity (Wildman–Crippen MR) is 110 cm³/mol. The smallest absolute Gasteiger partial charge is 0.260 e. The second-order valence-electron chi connectivity index (χ2n) is 5.71. The van der Waals surface area contributed by atoms with Gasteiger partial charge in [-0.2, -0.15) is 5.10 Å². The summed E-state index contributed by atoms with van der Waals surface area (Å²) in [5.74, 6) is 0.0408. The van der Waals surface area contributed by atoms with Gasteiger partial charge in [-0.3, -0.25) is 9.10 Å². The van der Waals surface area contributed by atoms with Crippen molar-refractivity contribution in [1.82, 2.24) is 5.43 Å². The van der Waals surface area contributed by atoms with E-state index in [-0.39, 0.29) is 6.54 Å². The third-order valence-electron chi connectivity index (χ3n) is 3.66. The molecule has 2 aromatic rings. The van der Waals surface area contributed by atoms with Crippen molar-refractivity contribution in [3.05, 3.63) is 58.6 Å². The summed E-state index contributed by atoms with van der Waals surface area (Å²) >= 11 is 3.35. The molecule has 7 nitrogen and oxygen atoms in total. The Kier molecular flexibility index (Phi) is 6.98. The molecule has 1 N–H and O–H groups in total. The minimum Gasteiger partial charge on any atom is -0.497 e. The highest BCUT2D eigenvalue weighted by atomic mass is 79.9. The van der Waals surface area contributed by atoms with Crippen LogP contribution in [0.5, 0.6) is 5.75 Å². The minimum absolute atomic E-state index is 0.363. The molecule has 27 heavy (non-hydrogen) atoms. The van der Waals surface area contributed by atoms with Gasteiger partial charge in [-0.1, -0.05) is 28.1 Å². The fourth-order valence-electron chi connectivity index (χ4n) is 2.22. The van der Waals surface area contributed by atoms with Crippen molar-refractivity contribution in [2.45, 2.75) is 6.92 Å². The van der Waals surface area contributed by atoms with Gasteiger partial charge in [0.25, 0.3) is 5.91 Å². The topological polar surface area (TPSA) is 88.1 Å². The van der Waals surface area contributed by atoms with Gasteiger partial charge in [0, 0.05) is 4.47 Å². The van der Waals surface area contributed by atoms with E-state index in [9.17, 15) is 13.2 Å². The molecule has 1 amide bonds. The average Bonchev–Trinajstić information content (AvgIpc) is 2.64. The number of nitrogens with zero attached hydrogens (tertiary/aromatic N) is 2. The maximum absolute atomic E-state index is 12.2. The first-order chi connectivity index (χ1) is 12.7. The molecule has 0 spiro atoms. The van der Waals surface area contributed by atoms with Crippen LogP contribution in [0.3, 0.4) is 0 Å². The highest BCUT2D eigenvalue weighted by Crippen LogP contribution is 2.21. The number of carbonyl (C=O) groups excluding carboxylic acids is 1. The molecule has 0 aromatic heterocycles. The first-order valence-corrected chi connectivity index (χ1v) is 10.6. The number of hydrogen-bond donors (Lipinski definition) is 1. The number of benzene rings is 2. The fraction of sp³-hybridized carbons (Fsp3) is 0.222. The van der Waals surface area contributed by atoms with Crippen molar-refractivity contribution in [2.75, 3.05) is 24.2 Å². The number of sulfonamides is 1. The van der Waals surface area contributed by atoms with Gasteiger partial charge in [0.2, 0.25) is 10.0 Å². The highest BCUT2D eigenvalue weighted by molar-refractivity contribution is 9.10. The summed E-state index contributed by atoms with van der Waals surface area (Å²) < 4.78 is 31.2. The van der Waals surface area contributed by atoms with Gasteiger partial charge < -0.3 is 4.74 Å². The molecule has 0 saturated carbocycles. The molecule has 0 radical (unpaired) electrons. The Labute approximate surface area is 167 Å². The number of amides is 1. The molecule has 0 aliphatic heterocycles. The normalized spacial score (nSPS) is 11.8. The quantitative estimate of drug-likeness (QED) is 0.515. The van der Waals surface area contributed by atoms with E-state index < -0.39 is 15.9 Å². The van der Waals surface area contributed by atoms with Crippen LogP contribution in [0.1, 0.15) is 12.5 Å². The van der Waals surface area contributed by atoms with Gasteiger partial charge >= 0.3 is 0 Å². The number of rotatable bonds is 7. The van der Waals surface area contributed by atoms with E-state index in [1.807, 2.05) is 24.3 Å². The zero-order valence-corrected chi connectivity index (χ0v) is 17.5. The molecular formula is C18H20BrN3O4S. The lowest BCUT2D eigenvalue weighted by molar-refractivity contribution is -0.119. The number of methoxy groups -OCH3 is 1. The number of ether oxygens (including phenoxy) is 1. The first kappa shape index (κ1) is 20.9. The molecule has 0 unspecified atom stereocenters. The van der Waals surface area contributed by atoms with E-state index in [0.29, 0.717) is 17.1 Å². The zero-order chi connectivity index (χ0) is 20.0. The van der Waals surface area contributed by atoms with E-state index in [2.05, 4.69) is 26.5 Å². The van der Waals surface area contributed by atoms with Crippen LogP contribution in [0, 0.1) is 0 Å². The standard InChI is InChI=1S/C18H20BrN3O4S/c1-13(14-4-6-15(19)7-5-14)20-21-18(23)12-22(27(3,24)25)16-8-10-17(26-2)11-9-16/h4-11H,12H2,1-3H3,(H,21,23)/b20-13+. The maximum Gasteiger partial charge on any atom is 0.260 e. The summed E-state index contributed by atoms with van der Waals surface area (Å²) in [6.07, 6.45) is 1.04. The second-order valence-corrected chi connectivity index (χ2v) is 8.53. The van der Waals surface area contributed by atoms with Gasteiger partial charge in [-0.15, -0.1) is 0 Å². The van der Waals surface area contributed by atoms with Gasteiger partial charge in [0.15, 0.2) is 0 Å². The number of nitrogens with one attached hydrogen (secondary N) is 1. The second kappa shape index (κ2) is 9.01. The molecule has 9 heteroatoms. The Morgan fingerprint density at radius 1 is 1.15 bits per heavy atom. The summed E-state index contributed by atoms with van der Waals surface area (Å²) in [6.45, 7) is 1.36. The van der Waals surface area contributed by atoms with Crippen LogP contribution in [-0.4, -0.2) is 39.9 Å². The van der Waals surface area contributed by atoms with Crippen LogP contribution in [-0.2, 0) is 14.8 Å². The summed E-state index contributed by atoms with van der Waals surface area (Å²) in [4.78, 5) is 12.2. The zero-order valence-electron chi connectivity index (χ0n) is 15.1. The third-order valence-corrected chi connectivity index (χ3v) is 5.33. The van der Waals surface area contributed by atoms with Crippen LogP contribution >= 0.6 is 15.9 Å². The van der Waals surface area contributed by atoms with Crippen molar-refractivity contribution in [1.29, 1.82) is 0 Å². The van der Waals surface area contributed by atoms with E-state index in [4.69, 9.17) is 4.74 Å². The van der Waals surface area contributed by atoms with Crippen molar-refractivity contribution in [3.8, 4) is 5.75 Å². The molecule has 0 aliphatic rings. The van der Waals surface area contributed by atoms with Gasteiger partial charge in [0.05, 0.1) is 24.8 Å². The van der Waals surface area contributed by atoms with Crippen LogP contribution < -0.4 is 14.5 Å². The summed E-state index contributed by atoms with van der Waals surface area (Å²) in [6, 6.07) is 13.8. The van der Waals surface area contributed by atoms with Gasteiger partial charge in [-0.25, -0.2) is 13.8 Å². The number of anilines is 1. The van der Waals surface area contributed by atoms with Gasteiger partial charge in [0.1, 0.15) is 12.3 Å². The summed E-state index contributed by atoms with van der Waals surface area (Å²) in [5.41, 5.74) is 4.20. The van der Waals surface area contributed by atoms with Crippen molar-refractivity contribution in [2.24, 2.45) is 5.10 Å². The molecule has 0 atom stereocenters. The average molecular weight is 454 g/mol. The number of halogens is 1. The Hall–Kier alpha value is -2.39. The molecule has 0 heterocycles. The monoisotopic (exact) mass is 453 g/mol.